The topological polar surface area (TPSA) is 26.3 Å². The van der Waals surface area contributed by atoms with Crippen molar-refractivity contribution in [3.63, 3.8) is 0 Å². The van der Waals surface area contributed by atoms with Gasteiger partial charge in [-0.25, -0.2) is 4.79 Å². The molecular formula is C11H16O2. The molecule has 2 nitrogen and oxygen atoms in total. The summed E-state index contributed by atoms with van der Waals surface area (Å²) in [5.41, 5.74) is 1.96. The molecule has 0 saturated carbocycles. The number of ether oxygens (including phenoxy) is 1. The van der Waals surface area contributed by atoms with Gasteiger partial charge in [0.1, 0.15) is 5.76 Å². The van der Waals surface area contributed by atoms with Crippen LogP contribution in [0.3, 0.4) is 0 Å². The van der Waals surface area contributed by atoms with Gasteiger partial charge >= 0.3 is 5.97 Å². The Morgan fingerprint density at radius 3 is 1.92 bits per heavy atom. The molecule has 0 fully saturated rings. The van der Waals surface area contributed by atoms with Crippen LogP contribution >= 0.6 is 0 Å². The summed E-state index contributed by atoms with van der Waals surface area (Å²) in [6.07, 6.45) is 3.15. The summed E-state index contributed by atoms with van der Waals surface area (Å²) in [5, 5.41) is 0. The van der Waals surface area contributed by atoms with E-state index in [-0.39, 0.29) is 5.97 Å². The molecule has 0 aliphatic carbocycles. The van der Waals surface area contributed by atoms with Gasteiger partial charge in [0.05, 0.1) is 0 Å². The Kier molecular flexibility index (Phi) is 4.82. The fourth-order valence-electron chi connectivity index (χ4n) is 0.746. The van der Waals surface area contributed by atoms with Crippen LogP contribution in [0.15, 0.2) is 35.6 Å². The van der Waals surface area contributed by atoms with Crippen molar-refractivity contribution in [1.82, 2.24) is 0 Å². The van der Waals surface area contributed by atoms with Crippen LogP contribution in [0.5, 0.6) is 0 Å². The molecule has 2 heteroatoms. The van der Waals surface area contributed by atoms with E-state index >= 15 is 0 Å². The Balaban J connectivity index is 4.16. The smallest absolute Gasteiger partial charge is 0.336 e. The molecule has 0 heterocycles. The molecule has 0 bridgehead atoms. The summed E-state index contributed by atoms with van der Waals surface area (Å²) in [4.78, 5) is 11.1. The molecule has 0 aromatic rings. The van der Waals surface area contributed by atoms with Gasteiger partial charge < -0.3 is 4.74 Å². The van der Waals surface area contributed by atoms with E-state index in [9.17, 15) is 4.79 Å². The van der Waals surface area contributed by atoms with Crippen molar-refractivity contribution in [2.45, 2.75) is 27.7 Å². The van der Waals surface area contributed by atoms with Crippen molar-refractivity contribution >= 4 is 5.97 Å². The van der Waals surface area contributed by atoms with Crippen LogP contribution in [0.4, 0.5) is 0 Å². The fraction of sp³-hybridized carbons (Fsp3) is 0.364. The number of carbonyl (C=O) groups excluding carboxylic acids is 1. The largest absolute Gasteiger partial charge is 0.424 e. The second-order valence-corrected chi connectivity index (χ2v) is 3.33. The monoisotopic (exact) mass is 180 g/mol. The molecule has 0 aliphatic heterocycles. The molecule has 0 N–H and O–H groups in total. The fourth-order valence-corrected chi connectivity index (χ4v) is 0.746. The van der Waals surface area contributed by atoms with Crippen LogP contribution in [-0.4, -0.2) is 5.97 Å². The van der Waals surface area contributed by atoms with Gasteiger partial charge in [-0.05, 0) is 33.8 Å². The van der Waals surface area contributed by atoms with Gasteiger partial charge in [0.25, 0.3) is 0 Å². The van der Waals surface area contributed by atoms with E-state index in [1.165, 1.54) is 6.08 Å². The maximum atomic E-state index is 11.1. The molecule has 0 atom stereocenters. The predicted molar refractivity (Wildman–Crippen MR) is 54.1 cm³/mol. The average molecular weight is 180 g/mol. The van der Waals surface area contributed by atoms with Gasteiger partial charge in [-0.2, -0.15) is 0 Å². The predicted octanol–water partition coefficient (Wildman–Crippen LogP) is 2.98. The molecule has 0 aromatic heterocycles. The van der Waals surface area contributed by atoms with Gasteiger partial charge in [0.2, 0.25) is 0 Å². The van der Waals surface area contributed by atoms with Gasteiger partial charge in [0, 0.05) is 6.08 Å². The highest BCUT2D eigenvalue weighted by Gasteiger charge is 1.98. The van der Waals surface area contributed by atoms with Crippen LogP contribution < -0.4 is 0 Å². The van der Waals surface area contributed by atoms with Crippen LogP contribution in [-0.2, 0) is 9.53 Å². The number of hydrogen-bond donors (Lipinski definition) is 0. The van der Waals surface area contributed by atoms with E-state index in [1.54, 1.807) is 6.08 Å². The van der Waals surface area contributed by atoms with Gasteiger partial charge in [-0.1, -0.05) is 17.7 Å². The minimum absolute atomic E-state index is 0.373. The average Bonchev–Trinajstić information content (AvgIpc) is 1.80. The summed E-state index contributed by atoms with van der Waals surface area (Å²) in [6, 6.07) is 0. The van der Waals surface area contributed by atoms with E-state index in [0.29, 0.717) is 5.76 Å². The van der Waals surface area contributed by atoms with Crippen molar-refractivity contribution in [1.29, 1.82) is 0 Å². The van der Waals surface area contributed by atoms with Gasteiger partial charge in [-0.3, -0.25) is 0 Å². The normalized spacial score (nSPS) is 8.62. The van der Waals surface area contributed by atoms with Crippen molar-refractivity contribution in [3.8, 4) is 0 Å². The van der Waals surface area contributed by atoms with Crippen LogP contribution in [0, 0.1) is 0 Å². The van der Waals surface area contributed by atoms with Crippen molar-refractivity contribution in [2.24, 2.45) is 0 Å². The van der Waals surface area contributed by atoms with Crippen LogP contribution in [0.1, 0.15) is 27.7 Å². The number of esters is 1. The third-order valence-corrected chi connectivity index (χ3v) is 1.09. The lowest BCUT2D eigenvalue weighted by atomic mass is 10.3. The number of carbonyl (C=O) groups is 1. The Morgan fingerprint density at radius 1 is 1.08 bits per heavy atom. The highest BCUT2D eigenvalue weighted by molar-refractivity contribution is 5.83. The van der Waals surface area contributed by atoms with E-state index in [4.69, 9.17) is 4.74 Å². The first-order valence-electron chi connectivity index (χ1n) is 4.12. The SMILES string of the molecule is C=C(C=C(C)C)OC(=O)C=C(C)C. The van der Waals surface area contributed by atoms with Crippen molar-refractivity contribution in [3.05, 3.63) is 35.6 Å². The van der Waals surface area contributed by atoms with E-state index in [2.05, 4.69) is 6.58 Å². The van der Waals surface area contributed by atoms with Crippen LogP contribution in [0.2, 0.25) is 0 Å². The lowest BCUT2D eigenvalue weighted by molar-refractivity contribution is -0.133. The minimum Gasteiger partial charge on any atom is -0.424 e. The standard InChI is InChI=1S/C11H16O2/c1-8(2)6-10(5)13-11(12)7-9(3)4/h6-7H,5H2,1-4H3. The molecule has 0 radical (unpaired) electrons. The first-order valence-corrected chi connectivity index (χ1v) is 4.12. The quantitative estimate of drug-likeness (QED) is 0.289. The summed E-state index contributed by atoms with van der Waals surface area (Å²) in [7, 11) is 0. The first-order chi connectivity index (χ1) is 5.91. The summed E-state index contributed by atoms with van der Waals surface area (Å²) in [6.45, 7) is 11.1. The lowest BCUT2D eigenvalue weighted by Crippen LogP contribution is -1.99. The van der Waals surface area contributed by atoms with E-state index < -0.39 is 0 Å². The number of allylic oxidation sites excluding steroid dienone is 3. The Labute approximate surface area is 79.6 Å². The lowest BCUT2D eigenvalue weighted by Gasteiger charge is -2.00. The Hall–Kier alpha value is -1.31. The van der Waals surface area contributed by atoms with Gasteiger partial charge in [-0.15, -0.1) is 0 Å². The Bertz CT molecular complexity index is 234. The highest BCUT2D eigenvalue weighted by Crippen LogP contribution is 2.02. The highest BCUT2D eigenvalue weighted by atomic mass is 16.5. The number of rotatable bonds is 3. The zero-order chi connectivity index (χ0) is 10.4. The molecule has 0 rings (SSSR count). The van der Waals surface area contributed by atoms with E-state index in [1.807, 2.05) is 27.7 Å². The van der Waals surface area contributed by atoms with E-state index in [0.717, 1.165) is 11.1 Å². The molecule has 72 valence electrons. The number of hydrogen-bond acceptors (Lipinski definition) is 2. The minimum atomic E-state index is -0.373. The second kappa shape index (κ2) is 5.36. The summed E-state index contributed by atoms with van der Waals surface area (Å²) >= 11 is 0. The molecular weight excluding hydrogens is 164 g/mol. The molecule has 0 amide bonds. The molecule has 0 saturated heterocycles. The van der Waals surface area contributed by atoms with Crippen molar-refractivity contribution < 1.29 is 9.53 Å². The summed E-state index contributed by atoms with van der Waals surface area (Å²) in [5.74, 6) is 0.00463. The van der Waals surface area contributed by atoms with Gasteiger partial charge in [0.15, 0.2) is 0 Å². The zero-order valence-electron chi connectivity index (χ0n) is 8.68. The Morgan fingerprint density at radius 2 is 1.54 bits per heavy atom. The summed E-state index contributed by atoms with van der Waals surface area (Å²) < 4.78 is 4.89. The first kappa shape index (κ1) is 11.7. The maximum absolute atomic E-state index is 11.1. The second-order valence-electron chi connectivity index (χ2n) is 3.33. The maximum Gasteiger partial charge on any atom is 0.336 e. The molecule has 13 heavy (non-hydrogen) atoms. The van der Waals surface area contributed by atoms with Crippen molar-refractivity contribution in [2.75, 3.05) is 0 Å². The third kappa shape index (κ3) is 7.06. The zero-order valence-corrected chi connectivity index (χ0v) is 8.68. The third-order valence-electron chi connectivity index (χ3n) is 1.09. The molecule has 0 aromatic carbocycles. The van der Waals surface area contributed by atoms with Crippen LogP contribution in [0.25, 0.3) is 0 Å². The molecule has 0 spiro atoms. The molecule has 0 unspecified atom stereocenters. The molecule has 0 aliphatic rings.